The number of hydrogen-bond donors (Lipinski definition) is 1. The van der Waals surface area contributed by atoms with Gasteiger partial charge < -0.3 is 0 Å². The largest absolute Gasteiger partial charge is 0.235 e. The van der Waals surface area contributed by atoms with Crippen LogP contribution in [0.2, 0.25) is 0 Å². The molecule has 0 bridgehead atoms. The van der Waals surface area contributed by atoms with E-state index in [1.165, 1.54) is 32.1 Å². The van der Waals surface area contributed by atoms with Gasteiger partial charge in [-0.1, -0.05) is 32.1 Å². The second-order valence-electron chi connectivity index (χ2n) is 1.77. The Balaban J connectivity index is 0. The summed E-state index contributed by atoms with van der Waals surface area (Å²) in [5, 5.41) is 0. The molecule has 3 heteroatoms. The molecule has 8 heavy (non-hydrogen) atoms. The third-order valence-corrected chi connectivity index (χ3v) is 1.25. The zero-order chi connectivity index (χ0) is 5.54. The van der Waals surface area contributed by atoms with Gasteiger partial charge in [0.2, 0.25) is 0 Å². The van der Waals surface area contributed by atoms with Crippen LogP contribution in [0.3, 0.4) is 0 Å². The lowest BCUT2D eigenvalue weighted by Gasteiger charge is -1.67. The van der Waals surface area contributed by atoms with Crippen LogP contribution in [0.5, 0.6) is 0 Å². The molecule has 0 heterocycles. The Morgan fingerprint density at radius 2 is 0.875 bits per heavy atom. The van der Waals surface area contributed by atoms with Crippen molar-refractivity contribution < 1.29 is 0 Å². The highest BCUT2D eigenvalue weighted by molar-refractivity contribution is 7.45. The lowest BCUT2D eigenvalue weighted by atomic mass is 10.4. The molecule has 0 aliphatic heterocycles. The SMILES string of the molecule is C1CCCC1.Cl.N=S. The second kappa shape index (κ2) is 10.3. The summed E-state index contributed by atoms with van der Waals surface area (Å²) < 4.78 is 5.33. The van der Waals surface area contributed by atoms with E-state index < -0.39 is 0 Å². The van der Waals surface area contributed by atoms with Crippen LogP contribution >= 0.6 is 12.4 Å². The molecule has 50 valence electrons. The molecular weight excluding hydrogens is 142 g/mol. The zero-order valence-corrected chi connectivity index (χ0v) is 6.49. The Morgan fingerprint density at radius 1 is 0.750 bits per heavy atom. The molecule has 1 aliphatic rings. The zero-order valence-electron chi connectivity index (χ0n) is 4.85. The van der Waals surface area contributed by atoms with Crippen LogP contribution in [0.25, 0.3) is 0 Å². The fraction of sp³-hybridized carbons (Fsp3) is 1.00. The molecule has 0 aromatic rings. The number of halogens is 1. The van der Waals surface area contributed by atoms with E-state index in [2.05, 4.69) is 12.4 Å². The van der Waals surface area contributed by atoms with E-state index in [4.69, 9.17) is 4.78 Å². The first kappa shape index (κ1) is 11.2. The second-order valence-corrected chi connectivity index (χ2v) is 1.77. The number of rotatable bonds is 0. The summed E-state index contributed by atoms with van der Waals surface area (Å²) in [5.74, 6) is 0. The first-order chi connectivity index (χ1) is 3.50. The van der Waals surface area contributed by atoms with Gasteiger partial charge in [-0.05, 0) is 0 Å². The van der Waals surface area contributed by atoms with Crippen LogP contribution in [-0.4, -0.2) is 0 Å². The van der Waals surface area contributed by atoms with Crippen LogP contribution in [-0.2, 0) is 12.4 Å². The monoisotopic (exact) mass is 153 g/mol. The maximum absolute atomic E-state index is 5.33. The van der Waals surface area contributed by atoms with Crippen LogP contribution in [0.4, 0.5) is 0 Å². The molecule has 0 amide bonds. The third-order valence-electron chi connectivity index (χ3n) is 1.25. The predicted octanol–water partition coefficient (Wildman–Crippen LogP) is 2.67. The summed E-state index contributed by atoms with van der Waals surface area (Å²) in [5.41, 5.74) is 0. The van der Waals surface area contributed by atoms with E-state index in [-0.39, 0.29) is 12.4 Å². The van der Waals surface area contributed by atoms with Gasteiger partial charge in [0.05, 0.1) is 0 Å². The average Bonchev–Trinajstić information content (AvgIpc) is 2.23. The lowest BCUT2D eigenvalue weighted by molar-refractivity contribution is 0.886. The predicted molar refractivity (Wildman–Crippen MR) is 40.4 cm³/mol. The fourth-order valence-corrected chi connectivity index (χ4v) is 0.884. The number of nitrogens with one attached hydrogen (secondary N) is 1. The standard InChI is InChI=1S/C5H10.ClH.HNS/c1-2-4-5-3-1;;1-2/h1-5H2;1H;1H. The maximum atomic E-state index is 5.33. The summed E-state index contributed by atoms with van der Waals surface area (Å²) >= 11 is 3.33. The Hall–Kier alpha value is 0.310. The summed E-state index contributed by atoms with van der Waals surface area (Å²) in [6.45, 7) is 0. The Morgan fingerprint density at radius 3 is 1.00 bits per heavy atom. The minimum Gasteiger partial charge on any atom is -0.235 e. The van der Waals surface area contributed by atoms with Crippen molar-refractivity contribution in [3.05, 3.63) is 0 Å². The molecule has 1 rings (SSSR count). The van der Waals surface area contributed by atoms with Gasteiger partial charge in [0.15, 0.2) is 0 Å². The Kier molecular flexibility index (Phi) is 14.4. The summed E-state index contributed by atoms with van der Waals surface area (Å²) in [7, 11) is 0. The Labute approximate surface area is 62.2 Å². The normalized spacial score (nSPS) is 15.5. The molecule has 1 saturated carbocycles. The molecule has 0 unspecified atom stereocenters. The number of hydrogen-bond acceptors (Lipinski definition) is 2. The van der Waals surface area contributed by atoms with Gasteiger partial charge in [-0.3, -0.25) is 0 Å². The van der Waals surface area contributed by atoms with Gasteiger partial charge in [0, 0.05) is 12.4 Å². The lowest BCUT2D eigenvalue weighted by Crippen LogP contribution is -1.47. The van der Waals surface area contributed by atoms with Gasteiger partial charge in [-0.2, -0.15) is 0 Å². The molecule has 1 N–H and O–H groups in total. The summed E-state index contributed by atoms with van der Waals surface area (Å²) in [6, 6.07) is 0. The molecule has 0 saturated heterocycles. The van der Waals surface area contributed by atoms with Gasteiger partial charge in [0.25, 0.3) is 0 Å². The van der Waals surface area contributed by atoms with Crippen LogP contribution in [0.15, 0.2) is 0 Å². The molecule has 1 fully saturated rings. The highest BCUT2D eigenvalue weighted by Crippen LogP contribution is 2.15. The van der Waals surface area contributed by atoms with E-state index in [1.54, 1.807) is 0 Å². The van der Waals surface area contributed by atoms with Crippen molar-refractivity contribution in [2.75, 3.05) is 0 Å². The first-order valence-corrected chi connectivity index (χ1v) is 3.11. The van der Waals surface area contributed by atoms with E-state index in [0.717, 1.165) is 0 Å². The van der Waals surface area contributed by atoms with E-state index in [9.17, 15) is 0 Å². The van der Waals surface area contributed by atoms with E-state index in [1.807, 2.05) is 0 Å². The van der Waals surface area contributed by atoms with Crippen LogP contribution in [0, 0.1) is 4.78 Å². The van der Waals surface area contributed by atoms with Gasteiger partial charge in [0.1, 0.15) is 0 Å². The molecular formula is C5H12ClNS. The van der Waals surface area contributed by atoms with Gasteiger partial charge in [-0.15, -0.1) is 12.4 Å². The van der Waals surface area contributed by atoms with Gasteiger partial charge >= 0.3 is 0 Å². The van der Waals surface area contributed by atoms with Crippen molar-refractivity contribution >= 4 is 24.8 Å². The van der Waals surface area contributed by atoms with Crippen molar-refractivity contribution in [1.82, 2.24) is 0 Å². The van der Waals surface area contributed by atoms with Crippen molar-refractivity contribution in [3.63, 3.8) is 0 Å². The quantitative estimate of drug-likeness (QED) is 0.569. The van der Waals surface area contributed by atoms with E-state index >= 15 is 0 Å². The molecule has 0 aromatic carbocycles. The molecule has 0 radical (unpaired) electrons. The fourth-order valence-electron chi connectivity index (χ4n) is 0.884. The molecule has 0 atom stereocenters. The molecule has 0 aromatic heterocycles. The maximum Gasteiger partial charge on any atom is 0.0324 e. The summed E-state index contributed by atoms with van der Waals surface area (Å²) in [6.07, 6.45) is 7.50. The van der Waals surface area contributed by atoms with Crippen LogP contribution < -0.4 is 0 Å². The minimum absolute atomic E-state index is 0. The highest BCUT2D eigenvalue weighted by Gasteiger charge is 1.95. The molecule has 0 spiro atoms. The van der Waals surface area contributed by atoms with E-state index in [0.29, 0.717) is 0 Å². The van der Waals surface area contributed by atoms with Crippen molar-refractivity contribution in [2.45, 2.75) is 32.1 Å². The third kappa shape index (κ3) is 6.31. The van der Waals surface area contributed by atoms with Crippen LogP contribution in [0.1, 0.15) is 32.1 Å². The minimum atomic E-state index is 0. The highest BCUT2D eigenvalue weighted by atomic mass is 35.5. The topological polar surface area (TPSA) is 23.9 Å². The van der Waals surface area contributed by atoms with Crippen molar-refractivity contribution in [2.24, 2.45) is 0 Å². The Bertz CT molecular complexity index is 31.8. The van der Waals surface area contributed by atoms with Crippen molar-refractivity contribution in [1.29, 1.82) is 4.78 Å². The summed E-state index contributed by atoms with van der Waals surface area (Å²) in [4.78, 5) is 0. The average molecular weight is 154 g/mol. The molecule has 1 aliphatic carbocycles. The van der Waals surface area contributed by atoms with Crippen molar-refractivity contribution in [3.8, 4) is 0 Å². The molecule has 1 nitrogen and oxygen atoms in total. The smallest absolute Gasteiger partial charge is 0.0324 e. The van der Waals surface area contributed by atoms with Gasteiger partial charge in [-0.25, -0.2) is 4.78 Å². The first-order valence-electron chi connectivity index (χ1n) is 2.70.